The Morgan fingerprint density at radius 1 is 1.36 bits per heavy atom. The Morgan fingerprint density at radius 2 is 2.04 bits per heavy atom. The van der Waals surface area contributed by atoms with E-state index in [1.807, 2.05) is 12.1 Å². The van der Waals surface area contributed by atoms with Crippen LogP contribution in [0, 0.1) is 0 Å². The van der Waals surface area contributed by atoms with Gasteiger partial charge >= 0.3 is 12.0 Å². The minimum atomic E-state index is -1.10. The van der Waals surface area contributed by atoms with Gasteiger partial charge < -0.3 is 14.6 Å². The van der Waals surface area contributed by atoms with E-state index in [2.05, 4.69) is 4.98 Å². The third kappa shape index (κ3) is 3.45. The van der Waals surface area contributed by atoms with Crippen LogP contribution >= 0.6 is 0 Å². The number of carboxylic acid groups (broad SMARTS) is 1. The molecule has 1 aromatic heterocycles. The normalized spacial score (nSPS) is 15.1. The van der Waals surface area contributed by atoms with Crippen LogP contribution in [0.1, 0.15) is 21.6 Å². The highest BCUT2D eigenvalue weighted by Gasteiger charge is 2.29. The quantitative estimate of drug-likeness (QED) is 0.843. The zero-order chi connectivity index (χ0) is 18.1. The number of nitrogens with zero attached hydrogens (tertiary/aromatic N) is 3. The summed E-state index contributed by atoms with van der Waals surface area (Å²) in [6.45, 7) is 0.687. The molecule has 0 aliphatic carbocycles. The first-order valence-electron chi connectivity index (χ1n) is 7.54. The molecule has 1 aliphatic heterocycles. The summed E-state index contributed by atoms with van der Waals surface area (Å²) in [5.41, 5.74) is 2.21. The molecule has 0 radical (unpaired) electrons. The predicted molar refractivity (Wildman–Crippen MR) is 93.0 cm³/mol. The molecule has 25 heavy (non-hydrogen) atoms. The predicted octanol–water partition coefficient (Wildman–Crippen LogP) is 2.09. The molecule has 130 valence electrons. The van der Waals surface area contributed by atoms with Gasteiger partial charge in [-0.25, -0.2) is 14.6 Å². The molecule has 2 heterocycles. The summed E-state index contributed by atoms with van der Waals surface area (Å²) in [6, 6.07) is 8.56. The van der Waals surface area contributed by atoms with Crippen LogP contribution in [-0.4, -0.2) is 44.8 Å². The molecule has 2 amide bonds. The van der Waals surface area contributed by atoms with Gasteiger partial charge in [-0.05, 0) is 40.5 Å². The Bertz CT molecular complexity index is 823. The molecule has 1 N–H and O–H groups in total. The minimum Gasteiger partial charge on any atom is -0.612 e. The Morgan fingerprint density at radius 3 is 2.64 bits per heavy atom. The number of aromatic carboxylic acids is 1. The van der Waals surface area contributed by atoms with Crippen LogP contribution in [0.25, 0.3) is 0 Å². The molecule has 1 aromatic carbocycles. The van der Waals surface area contributed by atoms with E-state index in [9.17, 15) is 14.1 Å². The van der Waals surface area contributed by atoms with Crippen LogP contribution < -0.4 is 4.90 Å². The van der Waals surface area contributed by atoms with Crippen molar-refractivity contribution < 1.29 is 19.2 Å². The lowest BCUT2D eigenvalue weighted by atomic mass is 10.1. The van der Waals surface area contributed by atoms with Crippen LogP contribution in [0.5, 0.6) is 0 Å². The second kappa shape index (κ2) is 6.73. The number of amides is 2. The Hall–Kier alpha value is -2.58. The number of aromatic nitrogens is 1. The second-order valence-electron chi connectivity index (χ2n) is 5.80. The van der Waals surface area contributed by atoms with Crippen molar-refractivity contribution in [3.05, 3.63) is 53.3 Å². The van der Waals surface area contributed by atoms with Gasteiger partial charge in [0.15, 0.2) is 4.90 Å². The molecule has 0 saturated heterocycles. The largest absolute Gasteiger partial charge is 0.612 e. The standard InChI is InChI=1S/C17H17N3O4S/c1-19-15-8-18-14(16(21)22)7-12(15)10-20(17(19)23)9-11-3-5-13(6-4-11)25(2)24/h3-8H,9-10H2,1-2H3,(H,21,22). The number of urea groups is 1. The zero-order valence-electron chi connectivity index (χ0n) is 13.8. The van der Waals surface area contributed by atoms with E-state index in [1.165, 1.54) is 17.2 Å². The SMILES string of the molecule is CN1C(=O)N(Cc2ccc([S+](C)[O-])cc2)Cc2cc(C(=O)O)ncc21. The van der Waals surface area contributed by atoms with Crippen molar-refractivity contribution >= 4 is 28.9 Å². The minimum absolute atomic E-state index is 0.0452. The molecule has 0 fully saturated rings. The lowest BCUT2D eigenvalue weighted by Crippen LogP contribution is -2.44. The Kier molecular flexibility index (Phi) is 4.65. The summed E-state index contributed by atoms with van der Waals surface area (Å²) >= 11 is -1.04. The molecule has 1 atom stereocenters. The fourth-order valence-corrected chi connectivity index (χ4v) is 3.27. The summed E-state index contributed by atoms with van der Waals surface area (Å²) in [5.74, 6) is -1.10. The first-order chi connectivity index (χ1) is 11.9. The van der Waals surface area contributed by atoms with E-state index < -0.39 is 17.1 Å². The van der Waals surface area contributed by atoms with Crippen LogP contribution in [0.3, 0.4) is 0 Å². The number of benzene rings is 1. The second-order valence-corrected chi connectivity index (χ2v) is 7.18. The third-order valence-electron chi connectivity index (χ3n) is 4.09. The summed E-state index contributed by atoms with van der Waals surface area (Å²) in [6.07, 6.45) is 3.03. The lowest BCUT2D eigenvalue weighted by Gasteiger charge is -2.34. The fourth-order valence-electron chi connectivity index (χ4n) is 2.75. The van der Waals surface area contributed by atoms with Gasteiger partial charge in [0.1, 0.15) is 11.9 Å². The van der Waals surface area contributed by atoms with E-state index in [0.29, 0.717) is 18.8 Å². The summed E-state index contributed by atoms with van der Waals surface area (Å²) in [5, 5.41) is 9.09. The van der Waals surface area contributed by atoms with Crippen molar-refractivity contribution in [2.45, 2.75) is 18.0 Å². The van der Waals surface area contributed by atoms with Crippen molar-refractivity contribution in [1.29, 1.82) is 0 Å². The molecule has 7 nitrogen and oxygen atoms in total. The monoisotopic (exact) mass is 359 g/mol. The number of pyridine rings is 1. The first kappa shape index (κ1) is 17.2. The molecule has 1 aliphatic rings. The van der Waals surface area contributed by atoms with Gasteiger partial charge in [0.2, 0.25) is 0 Å². The maximum atomic E-state index is 12.5. The third-order valence-corrected chi connectivity index (χ3v) is 5.03. The van der Waals surface area contributed by atoms with Crippen molar-refractivity contribution in [2.75, 3.05) is 18.2 Å². The number of anilines is 1. The zero-order valence-corrected chi connectivity index (χ0v) is 14.6. The molecule has 0 bridgehead atoms. The number of carbonyl (C=O) groups excluding carboxylic acids is 1. The molecule has 2 aromatic rings. The maximum Gasteiger partial charge on any atom is 0.354 e. The lowest BCUT2D eigenvalue weighted by molar-refractivity contribution is 0.0690. The molecule has 3 rings (SSSR count). The van der Waals surface area contributed by atoms with Crippen LogP contribution in [0.4, 0.5) is 10.5 Å². The first-order valence-corrected chi connectivity index (χ1v) is 9.10. The van der Waals surface area contributed by atoms with Crippen LogP contribution in [0.2, 0.25) is 0 Å². The van der Waals surface area contributed by atoms with E-state index in [1.54, 1.807) is 30.3 Å². The van der Waals surface area contributed by atoms with Crippen molar-refractivity contribution in [2.24, 2.45) is 0 Å². The highest BCUT2D eigenvalue weighted by atomic mass is 32.2. The van der Waals surface area contributed by atoms with Crippen molar-refractivity contribution in [3.8, 4) is 0 Å². The van der Waals surface area contributed by atoms with Crippen LogP contribution in [-0.2, 0) is 24.3 Å². The number of rotatable bonds is 4. The number of hydrogen-bond donors (Lipinski definition) is 1. The molecule has 8 heteroatoms. The van der Waals surface area contributed by atoms with Gasteiger partial charge in [-0.2, -0.15) is 0 Å². The number of carboxylic acids is 1. The highest BCUT2D eigenvalue weighted by Crippen LogP contribution is 2.28. The number of fused-ring (bicyclic) bond motifs is 1. The molecular weight excluding hydrogens is 342 g/mol. The average Bonchev–Trinajstić information content (AvgIpc) is 2.59. The summed E-state index contributed by atoms with van der Waals surface area (Å²) < 4.78 is 11.5. The average molecular weight is 359 g/mol. The van der Waals surface area contributed by atoms with Crippen molar-refractivity contribution in [3.63, 3.8) is 0 Å². The molecular formula is C17H17N3O4S. The number of carbonyl (C=O) groups is 2. The highest BCUT2D eigenvalue weighted by molar-refractivity contribution is 7.90. The van der Waals surface area contributed by atoms with E-state index in [0.717, 1.165) is 16.0 Å². The summed E-state index contributed by atoms with van der Waals surface area (Å²) in [7, 11) is 1.64. The molecule has 0 spiro atoms. The van der Waals surface area contributed by atoms with Gasteiger partial charge in [-0.1, -0.05) is 12.1 Å². The summed E-state index contributed by atoms with van der Waals surface area (Å²) in [4.78, 5) is 31.4. The Labute approximate surface area is 148 Å². The van der Waals surface area contributed by atoms with Gasteiger partial charge in [0, 0.05) is 20.1 Å². The molecule has 1 unspecified atom stereocenters. The van der Waals surface area contributed by atoms with Gasteiger partial charge in [0.25, 0.3) is 0 Å². The Balaban J connectivity index is 1.84. The van der Waals surface area contributed by atoms with Gasteiger partial charge in [-0.3, -0.25) is 4.90 Å². The van der Waals surface area contributed by atoms with E-state index in [4.69, 9.17) is 5.11 Å². The topological polar surface area (TPSA) is 96.8 Å². The van der Waals surface area contributed by atoms with Crippen molar-refractivity contribution in [1.82, 2.24) is 9.88 Å². The van der Waals surface area contributed by atoms with Gasteiger partial charge in [0.05, 0.1) is 11.9 Å². The van der Waals surface area contributed by atoms with E-state index >= 15 is 0 Å². The number of hydrogen-bond acceptors (Lipinski definition) is 4. The van der Waals surface area contributed by atoms with Crippen LogP contribution in [0.15, 0.2) is 41.4 Å². The fraction of sp³-hybridized carbons (Fsp3) is 0.235. The van der Waals surface area contributed by atoms with E-state index in [-0.39, 0.29) is 11.7 Å². The maximum absolute atomic E-state index is 12.5. The molecule has 0 saturated carbocycles. The smallest absolute Gasteiger partial charge is 0.354 e. The van der Waals surface area contributed by atoms with Gasteiger partial charge in [-0.15, -0.1) is 0 Å².